The Hall–Kier alpha value is -3.20. The molecule has 2 aliphatic rings. The van der Waals surface area contributed by atoms with Gasteiger partial charge in [0.2, 0.25) is 5.43 Å². The molecule has 1 fully saturated rings. The van der Waals surface area contributed by atoms with E-state index in [9.17, 15) is 14.4 Å². The Kier molecular flexibility index (Phi) is 6.84. The van der Waals surface area contributed by atoms with Gasteiger partial charge in [-0.3, -0.25) is 4.79 Å². The number of thiophene rings is 1. The predicted octanol–water partition coefficient (Wildman–Crippen LogP) is 6.63. The highest BCUT2D eigenvalue weighted by molar-refractivity contribution is 7.15. The van der Waals surface area contributed by atoms with Crippen molar-refractivity contribution in [3.63, 3.8) is 0 Å². The van der Waals surface area contributed by atoms with Crippen LogP contribution >= 0.6 is 11.3 Å². The summed E-state index contributed by atoms with van der Waals surface area (Å²) < 4.78 is 28.2. The molecule has 0 aliphatic heterocycles. The molecule has 2 aromatic heterocycles. The molecule has 1 amide bonds. The topological polar surface area (TPSA) is 77.8 Å². The molecule has 38 heavy (non-hydrogen) atoms. The summed E-state index contributed by atoms with van der Waals surface area (Å²) in [6.45, 7) is 7.36. The first kappa shape index (κ1) is 26.4. The average Bonchev–Trinajstić information content (AvgIpc) is 3.60. The fourth-order valence-corrected chi connectivity index (χ4v) is 6.37. The largest absolute Gasteiger partial charge is 0.462 e. The maximum Gasteiger partial charge on any atom is 0.410 e. The van der Waals surface area contributed by atoms with Crippen molar-refractivity contribution in [2.24, 2.45) is 0 Å². The van der Waals surface area contributed by atoms with Crippen LogP contribution in [0.1, 0.15) is 86.3 Å². The summed E-state index contributed by atoms with van der Waals surface area (Å²) in [6, 6.07) is 4.95. The van der Waals surface area contributed by atoms with Crippen molar-refractivity contribution in [1.29, 1.82) is 0 Å². The molecular formula is C29H33FN2O5S. The van der Waals surface area contributed by atoms with Gasteiger partial charge in [-0.1, -0.05) is 0 Å². The molecule has 1 unspecified atom stereocenters. The maximum atomic E-state index is 15.6. The number of rotatable bonds is 5. The van der Waals surface area contributed by atoms with Gasteiger partial charge in [0.15, 0.2) is 0 Å². The van der Waals surface area contributed by atoms with E-state index in [-0.39, 0.29) is 35.7 Å². The molecule has 1 saturated carbocycles. The first-order valence-electron chi connectivity index (χ1n) is 13.1. The van der Waals surface area contributed by atoms with Gasteiger partial charge in [-0.15, -0.1) is 11.3 Å². The molecular weight excluding hydrogens is 507 g/mol. The van der Waals surface area contributed by atoms with Gasteiger partial charge in [-0.05, 0) is 83.6 Å². The average molecular weight is 541 g/mol. The fraction of sp³-hybridized carbons (Fsp3) is 0.483. The molecule has 1 atom stereocenters. The van der Waals surface area contributed by atoms with Gasteiger partial charge in [0, 0.05) is 40.0 Å². The van der Waals surface area contributed by atoms with Crippen LogP contribution in [0.2, 0.25) is 0 Å². The van der Waals surface area contributed by atoms with Gasteiger partial charge in [0.05, 0.1) is 18.2 Å². The van der Waals surface area contributed by atoms with Gasteiger partial charge in [0.25, 0.3) is 0 Å². The SMILES string of the molecule is CCOC(=O)c1cn(C2CC2)c2cc(-c3cc4c(s3)CCCC4N(C)C(=O)OC(C)(C)C)c(F)cc2c1=O. The van der Waals surface area contributed by atoms with Crippen LogP contribution in [0.4, 0.5) is 9.18 Å². The van der Waals surface area contributed by atoms with Crippen molar-refractivity contribution in [2.75, 3.05) is 13.7 Å². The molecule has 0 saturated heterocycles. The minimum absolute atomic E-state index is 0.0713. The molecule has 0 radical (unpaired) electrons. The number of carbonyl (C=O) groups is 2. The summed E-state index contributed by atoms with van der Waals surface area (Å²) in [7, 11) is 1.75. The number of nitrogens with zero attached hydrogens (tertiary/aromatic N) is 2. The zero-order valence-corrected chi connectivity index (χ0v) is 23.2. The molecule has 1 aromatic carbocycles. The lowest BCUT2D eigenvalue weighted by Crippen LogP contribution is -2.37. The van der Waals surface area contributed by atoms with Gasteiger partial charge in [0.1, 0.15) is 17.0 Å². The third kappa shape index (κ3) is 4.96. The van der Waals surface area contributed by atoms with Crippen LogP contribution in [0.5, 0.6) is 0 Å². The van der Waals surface area contributed by atoms with Crippen molar-refractivity contribution in [2.45, 2.75) is 77.5 Å². The van der Waals surface area contributed by atoms with E-state index in [2.05, 4.69) is 0 Å². The number of hydrogen-bond donors (Lipinski definition) is 0. The van der Waals surface area contributed by atoms with Crippen molar-refractivity contribution in [1.82, 2.24) is 9.47 Å². The molecule has 202 valence electrons. The Morgan fingerprint density at radius 3 is 2.58 bits per heavy atom. The molecule has 2 heterocycles. The molecule has 0 bridgehead atoms. The van der Waals surface area contributed by atoms with E-state index >= 15 is 4.39 Å². The molecule has 5 rings (SSSR count). The number of aromatic nitrogens is 1. The Morgan fingerprint density at radius 2 is 1.92 bits per heavy atom. The Balaban J connectivity index is 1.57. The maximum absolute atomic E-state index is 15.6. The molecule has 2 aliphatic carbocycles. The van der Waals surface area contributed by atoms with Crippen LogP contribution in [0.25, 0.3) is 21.3 Å². The fourth-order valence-electron chi connectivity index (χ4n) is 5.10. The van der Waals surface area contributed by atoms with Gasteiger partial charge in [-0.2, -0.15) is 0 Å². The number of ether oxygens (including phenoxy) is 2. The Bertz CT molecular complexity index is 1480. The minimum atomic E-state index is -0.690. The second-order valence-electron chi connectivity index (χ2n) is 11.1. The number of aryl methyl sites for hydroxylation is 1. The molecule has 3 aromatic rings. The Labute approximate surface area is 225 Å². The summed E-state index contributed by atoms with van der Waals surface area (Å²) in [4.78, 5) is 41.9. The zero-order chi connectivity index (χ0) is 27.4. The van der Waals surface area contributed by atoms with Crippen LogP contribution in [-0.4, -0.2) is 40.8 Å². The number of fused-ring (bicyclic) bond motifs is 2. The van der Waals surface area contributed by atoms with Crippen molar-refractivity contribution in [3.8, 4) is 10.4 Å². The summed E-state index contributed by atoms with van der Waals surface area (Å²) in [5, 5.41) is 0.174. The van der Waals surface area contributed by atoms with E-state index in [1.54, 1.807) is 31.1 Å². The van der Waals surface area contributed by atoms with Gasteiger partial charge < -0.3 is 18.9 Å². The van der Waals surface area contributed by atoms with Crippen LogP contribution in [0.3, 0.4) is 0 Å². The Morgan fingerprint density at radius 1 is 1.18 bits per heavy atom. The summed E-state index contributed by atoms with van der Waals surface area (Å²) in [5.74, 6) is -1.21. The number of esters is 1. The first-order valence-corrected chi connectivity index (χ1v) is 13.9. The zero-order valence-electron chi connectivity index (χ0n) is 22.4. The third-order valence-corrected chi connectivity index (χ3v) is 8.30. The first-order chi connectivity index (χ1) is 18.0. The van der Waals surface area contributed by atoms with E-state index in [4.69, 9.17) is 9.47 Å². The number of amides is 1. The summed E-state index contributed by atoms with van der Waals surface area (Å²) in [5.41, 5.74) is 0.843. The molecule has 0 spiro atoms. The second kappa shape index (κ2) is 9.84. The second-order valence-corrected chi connectivity index (χ2v) is 12.2. The highest BCUT2D eigenvalue weighted by Gasteiger charge is 2.32. The van der Waals surface area contributed by atoms with Crippen molar-refractivity contribution >= 4 is 34.3 Å². The lowest BCUT2D eigenvalue weighted by molar-refractivity contribution is 0.0205. The monoisotopic (exact) mass is 540 g/mol. The summed E-state index contributed by atoms with van der Waals surface area (Å²) in [6.07, 6.45) is 5.62. The summed E-state index contributed by atoms with van der Waals surface area (Å²) >= 11 is 1.53. The number of carbonyl (C=O) groups excluding carboxylic acids is 2. The van der Waals surface area contributed by atoms with E-state index in [0.29, 0.717) is 11.1 Å². The number of pyridine rings is 1. The number of halogens is 1. The predicted molar refractivity (Wildman–Crippen MR) is 145 cm³/mol. The van der Waals surface area contributed by atoms with Crippen LogP contribution < -0.4 is 5.43 Å². The van der Waals surface area contributed by atoms with Crippen LogP contribution in [-0.2, 0) is 15.9 Å². The number of benzene rings is 1. The van der Waals surface area contributed by atoms with E-state index in [1.807, 2.05) is 31.4 Å². The quantitative estimate of drug-likeness (QED) is 0.340. The van der Waals surface area contributed by atoms with Crippen molar-refractivity contribution < 1.29 is 23.5 Å². The lowest BCUT2D eigenvalue weighted by Gasteiger charge is -2.33. The highest BCUT2D eigenvalue weighted by atomic mass is 32.1. The van der Waals surface area contributed by atoms with Crippen molar-refractivity contribution in [3.05, 3.63) is 56.4 Å². The van der Waals surface area contributed by atoms with Gasteiger partial charge in [-0.25, -0.2) is 14.0 Å². The van der Waals surface area contributed by atoms with Gasteiger partial charge >= 0.3 is 12.1 Å². The molecule has 9 heteroatoms. The molecule has 0 N–H and O–H groups in total. The normalized spacial score (nSPS) is 17.3. The van der Waals surface area contributed by atoms with Crippen LogP contribution in [0.15, 0.2) is 29.2 Å². The standard InChI is InChI=1S/C29H33FN2O5S/c1-6-36-27(34)20-15-32(16-10-11-16)23-13-17(21(30)12-19(23)26(20)33)25-14-18-22(8-7-9-24(18)38-25)31(5)28(35)37-29(2,3)4/h12-16,22H,6-11H2,1-5H3. The van der Waals surface area contributed by atoms with E-state index in [1.165, 1.54) is 17.4 Å². The third-order valence-electron chi connectivity index (χ3n) is 7.05. The molecule has 7 nitrogen and oxygen atoms in total. The lowest BCUT2D eigenvalue weighted by atomic mass is 9.92. The number of hydrogen-bond acceptors (Lipinski definition) is 6. The highest BCUT2D eigenvalue weighted by Crippen LogP contribution is 2.44. The van der Waals surface area contributed by atoms with E-state index in [0.717, 1.165) is 47.4 Å². The smallest absolute Gasteiger partial charge is 0.410 e. The van der Waals surface area contributed by atoms with E-state index < -0.39 is 22.8 Å². The van der Waals surface area contributed by atoms with Crippen LogP contribution in [0, 0.1) is 5.82 Å². The minimum Gasteiger partial charge on any atom is -0.462 e.